The van der Waals surface area contributed by atoms with Gasteiger partial charge in [0.05, 0.1) is 11.8 Å². The molecule has 156 valence electrons. The third kappa shape index (κ3) is 7.27. The maximum absolute atomic E-state index is 12.4. The number of carbonyl (C=O) groups is 2. The van der Waals surface area contributed by atoms with Crippen molar-refractivity contribution in [2.45, 2.75) is 13.1 Å². The van der Waals surface area contributed by atoms with E-state index < -0.39 is 0 Å². The van der Waals surface area contributed by atoms with Gasteiger partial charge in [-0.1, -0.05) is 23.4 Å². The number of ketones is 1. The lowest BCUT2D eigenvalue weighted by Gasteiger charge is -2.04. The zero-order chi connectivity index (χ0) is 19.8. The SMILES string of the molecule is O=C(C[n+]1cccc(/C=N/O)c1)C[n+]1cccc(C(=O)Nc2ccccc2)c1.[Cl-].[Cl-]. The van der Waals surface area contributed by atoms with Crippen molar-refractivity contribution < 1.29 is 48.7 Å². The number of hydrogen-bond donors (Lipinski definition) is 2. The van der Waals surface area contributed by atoms with Crippen LogP contribution in [0.3, 0.4) is 0 Å². The number of carbonyl (C=O) groups excluding carboxylic acids is 2. The van der Waals surface area contributed by atoms with Gasteiger partial charge in [-0.2, -0.15) is 9.13 Å². The van der Waals surface area contributed by atoms with E-state index in [0.29, 0.717) is 16.8 Å². The molecule has 9 heteroatoms. The van der Waals surface area contributed by atoms with E-state index >= 15 is 0 Å². The van der Waals surface area contributed by atoms with Gasteiger partial charge >= 0.3 is 0 Å². The summed E-state index contributed by atoms with van der Waals surface area (Å²) < 4.78 is 3.40. The molecule has 2 heterocycles. The number of benzene rings is 1. The summed E-state index contributed by atoms with van der Waals surface area (Å²) in [6.07, 6.45) is 8.17. The van der Waals surface area contributed by atoms with Crippen LogP contribution in [0.25, 0.3) is 0 Å². The van der Waals surface area contributed by atoms with Crippen LogP contribution >= 0.6 is 0 Å². The van der Waals surface area contributed by atoms with E-state index in [2.05, 4.69) is 10.5 Å². The summed E-state index contributed by atoms with van der Waals surface area (Å²) in [5.74, 6) is -0.271. The molecular formula is C21H20Cl2N4O3. The summed E-state index contributed by atoms with van der Waals surface area (Å²) in [5, 5.41) is 14.4. The normalized spacial score (nSPS) is 10.0. The molecule has 7 nitrogen and oxygen atoms in total. The lowest BCUT2D eigenvalue weighted by atomic mass is 10.2. The van der Waals surface area contributed by atoms with Crippen LogP contribution in [0.4, 0.5) is 5.69 Å². The summed E-state index contributed by atoms with van der Waals surface area (Å²) >= 11 is 0. The van der Waals surface area contributed by atoms with Gasteiger partial charge in [0.2, 0.25) is 13.1 Å². The van der Waals surface area contributed by atoms with E-state index in [1.54, 1.807) is 58.2 Å². The van der Waals surface area contributed by atoms with Crippen LogP contribution in [-0.4, -0.2) is 23.1 Å². The fourth-order valence-electron chi connectivity index (χ4n) is 2.72. The van der Waals surface area contributed by atoms with Crippen LogP contribution in [0, 0.1) is 0 Å². The number of halogens is 2. The molecule has 1 aromatic carbocycles. The zero-order valence-corrected chi connectivity index (χ0v) is 17.4. The Morgan fingerprint density at radius 3 is 2.20 bits per heavy atom. The van der Waals surface area contributed by atoms with E-state index in [9.17, 15) is 9.59 Å². The Kier molecular flexibility index (Phi) is 10.2. The van der Waals surface area contributed by atoms with Crippen LogP contribution < -0.4 is 39.3 Å². The predicted molar refractivity (Wildman–Crippen MR) is 102 cm³/mol. The number of anilines is 1. The highest BCUT2D eigenvalue weighted by Crippen LogP contribution is 2.07. The summed E-state index contributed by atoms with van der Waals surface area (Å²) in [6, 6.07) is 16.2. The van der Waals surface area contributed by atoms with Gasteiger partial charge in [-0.15, -0.1) is 0 Å². The second kappa shape index (κ2) is 12.3. The van der Waals surface area contributed by atoms with Crippen molar-refractivity contribution in [3.05, 3.63) is 90.5 Å². The minimum absolute atomic E-state index is 0. The molecule has 0 saturated carbocycles. The summed E-state index contributed by atoms with van der Waals surface area (Å²) in [4.78, 5) is 24.8. The quantitative estimate of drug-likeness (QED) is 0.166. The van der Waals surface area contributed by atoms with Gasteiger partial charge in [-0.3, -0.25) is 9.59 Å². The summed E-state index contributed by atoms with van der Waals surface area (Å²) in [5.41, 5.74) is 1.86. The minimum Gasteiger partial charge on any atom is -1.00 e. The molecule has 0 aliphatic heterocycles. The number of Topliss-reactive ketones (excluding diaryl/α,β-unsaturated/α-hetero) is 1. The molecule has 0 bridgehead atoms. The Morgan fingerprint density at radius 1 is 0.900 bits per heavy atom. The van der Waals surface area contributed by atoms with Gasteiger partial charge in [0.25, 0.3) is 11.7 Å². The number of nitrogens with zero attached hydrogens (tertiary/aromatic N) is 3. The first-order valence-corrected chi connectivity index (χ1v) is 8.68. The topological polar surface area (TPSA) is 86.5 Å². The number of amides is 1. The third-order valence-corrected chi connectivity index (χ3v) is 3.96. The lowest BCUT2D eigenvalue weighted by molar-refractivity contribution is -0.702. The van der Waals surface area contributed by atoms with E-state index in [1.807, 2.05) is 30.3 Å². The molecule has 3 rings (SSSR count). The molecule has 30 heavy (non-hydrogen) atoms. The van der Waals surface area contributed by atoms with Crippen molar-refractivity contribution in [1.82, 2.24) is 0 Å². The van der Waals surface area contributed by atoms with Crippen LogP contribution in [0.5, 0.6) is 0 Å². The van der Waals surface area contributed by atoms with Crippen molar-refractivity contribution in [3.8, 4) is 0 Å². The zero-order valence-electron chi connectivity index (χ0n) is 15.9. The van der Waals surface area contributed by atoms with Crippen molar-refractivity contribution in [3.63, 3.8) is 0 Å². The van der Waals surface area contributed by atoms with Crippen molar-refractivity contribution >= 4 is 23.6 Å². The molecular weight excluding hydrogens is 427 g/mol. The molecule has 2 aromatic heterocycles. The first-order valence-electron chi connectivity index (χ1n) is 8.68. The second-order valence-electron chi connectivity index (χ2n) is 6.18. The van der Waals surface area contributed by atoms with Crippen LogP contribution in [0.2, 0.25) is 0 Å². The van der Waals surface area contributed by atoms with Gasteiger partial charge in [0.15, 0.2) is 24.8 Å². The Balaban J connectivity index is 0.00000225. The average molecular weight is 447 g/mol. The number of hydrogen-bond acceptors (Lipinski definition) is 4. The number of oxime groups is 1. The van der Waals surface area contributed by atoms with E-state index in [0.717, 1.165) is 0 Å². The van der Waals surface area contributed by atoms with Crippen LogP contribution in [0.15, 0.2) is 84.5 Å². The smallest absolute Gasteiger partial charge is 0.261 e. The second-order valence-corrected chi connectivity index (χ2v) is 6.18. The van der Waals surface area contributed by atoms with Crippen LogP contribution in [-0.2, 0) is 17.9 Å². The Hall–Kier alpha value is -3.29. The first-order chi connectivity index (χ1) is 13.6. The standard InChI is InChI=1S/C21H18N4O3.2ClH/c26-20(15-24-10-4-6-17(13-24)12-22-28)16-25-11-5-7-18(14-25)21(27)23-19-8-2-1-3-9-19;;/h1-14H,15-16H2;2*1H/b22-12+;;. The maximum Gasteiger partial charge on any atom is 0.261 e. The Labute approximate surface area is 186 Å². The molecule has 0 radical (unpaired) electrons. The molecule has 0 fully saturated rings. The van der Waals surface area contributed by atoms with Gasteiger partial charge < -0.3 is 35.3 Å². The van der Waals surface area contributed by atoms with E-state index in [1.165, 1.54) is 6.21 Å². The largest absolute Gasteiger partial charge is 1.00 e. The molecule has 1 amide bonds. The highest BCUT2D eigenvalue weighted by molar-refractivity contribution is 6.03. The first kappa shape index (κ1) is 24.7. The predicted octanol–water partition coefficient (Wildman–Crippen LogP) is -4.40. The molecule has 0 atom stereocenters. The molecule has 0 saturated heterocycles. The Morgan fingerprint density at radius 2 is 1.53 bits per heavy atom. The molecule has 0 aliphatic carbocycles. The number of aromatic nitrogens is 2. The van der Waals surface area contributed by atoms with E-state index in [-0.39, 0.29) is 49.6 Å². The minimum atomic E-state index is -0.238. The number of pyridine rings is 2. The number of nitrogens with one attached hydrogen (secondary N) is 1. The maximum atomic E-state index is 12.4. The molecule has 0 spiro atoms. The van der Waals surface area contributed by atoms with Gasteiger partial charge in [-0.25, -0.2) is 0 Å². The average Bonchev–Trinajstić information content (AvgIpc) is 2.69. The molecule has 0 unspecified atom stereocenters. The third-order valence-electron chi connectivity index (χ3n) is 3.96. The van der Waals surface area contributed by atoms with Gasteiger partial charge in [0, 0.05) is 17.8 Å². The fraction of sp³-hybridized carbons (Fsp3) is 0.0952. The number of rotatable bonds is 7. The molecule has 3 aromatic rings. The van der Waals surface area contributed by atoms with Crippen LogP contribution in [0.1, 0.15) is 15.9 Å². The summed E-state index contributed by atoms with van der Waals surface area (Å²) in [6.45, 7) is 0.304. The molecule has 2 N–H and O–H groups in total. The lowest BCUT2D eigenvalue weighted by Crippen LogP contribution is -3.00. The number of para-hydroxylation sites is 1. The van der Waals surface area contributed by atoms with Gasteiger partial charge in [0.1, 0.15) is 5.56 Å². The summed E-state index contributed by atoms with van der Waals surface area (Å²) in [7, 11) is 0. The fourth-order valence-corrected chi connectivity index (χ4v) is 2.72. The molecule has 0 aliphatic rings. The van der Waals surface area contributed by atoms with Gasteiger partial charge in [-0.05, 0) is 24.3 Å². The Bertz CT molecular complexity index is 1010. The van der Waals surface area contributed by atoms with Crippen molar-refractivity contribution in [2.24, 2.45) is 5.16 Å². The van der Waals surface area contributed by atoms with E-state index in [4.69, 9.17) is 5.21 Å². The van der Waals surface area contributed by atoms with Crippen molar-refractivity contribution in [1.29, 1.82) is 0 Å². The highest BCUT2D eigenvalue weighted by atomic mass is 35.5. The monoisotopic (exact) mass is 446 g/mol. The van der Waals surface area contributed by atoms with Crippen molar-refractivity contribution in [2.75, 3.05) is 5.32 Å². The highest BCUT2D eigenvalue weighted by Gasteiger charge is 2.17.